The molecule has 0 spiro atoms. The molecule has 0 N–H and O–H groups in total. The highest BCUT2D eigenvalue weighted by Crippen LogP contribution is 2.37. The molecule has 0 radical (unpaired) electrons. The molecule has 7 heteroatoms. The predicted octanol–water partition coefficient (Wildman–Crippen LogP) is 3.46. The van der Waals surface area contributed by atoms with Crippen LogP contribution < -0.4 is 4.74 Å². The molecule has 0 fully saturated rings. The monoisotopic (exact) mass is 272 g/mol. The number of nitrogens with zero attached hydrogens (tertiary/aromatic N) is 2. The summed E-state index contributed by atoms with van der Waals surface area (Å²) in [6.45, 7) is 0. The maximum absolute atomic E-state index is 10.8. The van der Waals surface area contributed by atoms with Gasteiger partial charge in [0.1, 0.15) is 10.8 Å². The summed E-state index contributed by atoms with van der Waals surface area (Å²) in [5.74, 6) is 0.575. The third-order valence-corrected chi connectivity index (χ3v) is 2.89. The lowest BCUT2D eigenvalue weighted by Crippen LogP contribution is -1.94. The maximum Gasteiger partial charge on any atom is 0.325 e. The van der Waals surface area contributed by atoms with Crippen molar-refractivity contribution in [1.29, 1.82) is 0 Å². The van der Waals surface area contributed by atoms with Gasteiger partial charge in [0, 0.05) is 11.5 Å². The van der Waals surface area contributed by atoms with E-state index < -0.39 is 4.92 Å². The van der Waals surface area contributed by atoms with Gasteiger partial charge in [-0.05, 0) is 12.1 Å². The predicted molar refractivity (Wildman–Crippen MR) is 65.0 cm³/mol. The van der Waals surface area contributed by atoms with Gasteiger partial charge in [0.2, 0.25) is 5.15 Å². The van der Waals surface area contributed by atoms with Crippen LogP contribution in [-0.4, -0.2) is 17.0 Å². The Morgan fingerprint density at radius 1 is 1.41 bits per heavy atom. The number of pyridine rings is 1. The quantitative estimate of drug-likeness (QED) is 0.477. The maximum atomic E-state index is 10.8. The Balaban J connectivity index is 2.81. The van der Waals surface area contributed by atoms with Gasteiger partial charge in [0.15, 0.2) is 0 Å². The highest BCUT2D eigenvalue weighted by molar-refractivity contribution is 6.41. The number of aromatic nitrogens is 1. The standard InChI is InChI=1S/C10H6Cl2N2O3/c1-17-5-2-3-6-7(4-5)13-10(12)9(8(6)11)14(15)16/h2-4H,1H3. The summed E-state index contributed by atoms with van der Waals surface area (Å²) >= 11 is 11.7. The highest BCUT2D eigenvalue weighted by atomic mass is 35.5. The third-order valence-electron chi connectivity index (χ3n) is 2.25. The van der Waals surface area contributed by atoms with Crippen molar-refractivity contribution in [3.05, 3.63) is 38.5 Å². The first-order chi connectivity index (χ1) is 8.04. The molecule has 0 saturated heterocycles. The van der Waals surface area contributed by atoms with Crippen molar-refractivity contribution in [2.24, 2.45) is 0 Å². The van der Waals surface area contributed by atoms with Crippen LogP contribution in [0.3, 0.4) is 0 Å². The molecule has 88 valence electrons. The van der Waals surface area contributed by atoms with E-state index in [1.54, 1.807) is 18.2 Å². The van der Waals surface area contributed by atoms with Crippen LogP contribution in [-0.2, 0) is 0 Å². The van der Waals surface area contributed by atoms with Crippen molar-refractivity contribution >= 4 is 39.8 Å². The summed E-state index contributed by atoms with van der Waals surface area (Å²) in [6.07, 6.45) is 0. The van der Waals surface area contributed by atoms with E-state index in [0.29, 0.717) is 16.7 Å². The number of nitro groups is 1. The van der Waals surface area contributed by atoms with Crippen molar-refractivity contribution in [2.75, 3.05) is 7.11 Å². The second-order valence-corrected chi connectivity index (χ2v) is 3.94. The Labute approximate surface area is 106 Å². The van der Waals surface area contributed by atoms with E-state index in [4.69, 9.17) is 27.9 Å². The summed E-state index contributed by atoms with van der Waals surface area (Å²) in [5, 5.41) is 11.0. The van der Waals surface area contributed by atoms with Gasteiger partial charge in [0.25, 0.3) is 0 Å². The van der Waals surface area contributed by atoms with Crippen LogP contribution in [0.5, 0.6) is 5.75 Å². The second kappa shape index (κ2) is 4.35. The molecule has 2 rings (SSSR count). The summed E-state index contributed by atoms with van der Waals surface area (Å²) in [7, 11) is 1.51. The molecule has 0 atom stereocenters. The number of methoxy groups -OCH3 is 1. The number of benzene rings is 1. The first-order valence-corrected chi connectivity index (χ1v) is 5.27. The van der Waals surface area contributed by atoms with Gasteiger partial charge in [-0.2, -0.15) is 0 Å². The van der Waals surface area contributed by atoms with E-state index in [9.17, 15) is 10.1 Å². The normalized spacial score (nSPS) is 10.5. The Morgan fingerprint density at radius 3 is 2.71 bits per heavy atom. The Bertz CT molecular complexity index is 616. The minimum absolute atomic E-state index is 0.0207. The minimum Gasteiger partial charge on any atom is -0.497 e. The van der Waals surface area contributed by atoms with E-state index in [1.165, 1.54) is 7.11 Å². The molecule has 0 aliphatic rings. The lowest BCUT2D eigenvalue weighted by atomic mass is 10.2. The highest BCUT2D eigenvalue weighted by Gasteiger charge is 2.22. The molecule has 0 saturated carbocycles. The molecule has 0 amide bonds. The molecule has 1 aromatic carbocycles. The topological polar surface area (TPSA) is 65.3 Å². The van der Waals surface area contributed by atoms with Crippen molar-refractivity contribution in [3.8, 4) is 5.75 Å². The molecule has 0 bridgehead atoms. The Hall–Kier alpha value is -1.59. The third kappa shape index (κ3) is 1.99. The fourth-order valence-electron chi connectivity index (χ4n) is 1.45. The fourth-order valence-corrected chi connectivity index (χ4v) is 2.07. The van der Waals surface area contributed by atoms with Crippen LogP contribution in [0.15, 0.2) is 18.2 Å². The van der Waals surface area contributed by atoms with Crippen LogP contribution in [0, 0.1) is 10.1 Å². The molecular formula is C10H6Cl2N2O3. The van der Waals surface area contributed by atoms with E-state index in [2.05, 4.69) is 4.98 Å². The second-order valence-electron chi connectivity index (χ2n) is 3.21. The number of rotatable bonds is 2. The number of halogens is 2. The molecular weight excluding hydrogens is 267 g/mol. The number of ether oxygens (including phenoxy) is 1. The molecule has 17 heavy (non-hydrogen) atoms. The molecule has 0 aliphatic carbocycles. The average Bonchev–Trinajstić information content (AvgIpc) is 2.27. The van der Waals surface area contributed by atoms with Gasteiger partial charge in [-0.1, -0.05) is 23.2 Å². The average molecular weight is 273 g/mol. The number of hydrogen-bond donors (Lipinski definition) is 0. The molecule has 1 aromatic heterocycles. The van der Waals surface area contributed by atoms with Gasteiger partial charge in [0.05, 0.1) is 17.5 Å². The van der Waals surface area contributed by atoms with Crippen LogP contribution in [0.25, 0.3) is 10.9 Å². The van der Waals surface area contributed by atoms with E-state index >= 15 is 0 Å². The zero-order chi connectivity index (χ0) is 12.6. The summed E-state index contributed by atoms with van der Waals surface area (Å²) in [5.41, 5.74) is 0.0657. The van der Waals surface area contributed by atoms with Crippen LogP contribution in [0.4, 0.5) is 5.69 Å². The lowest BCUT2D eigenvalue weighted by Gasteiger charge is -2.05. The van der Waals surface area contributed by atoms with Gasteiger partial charge in [-0.25, -0.2) is 4.98 Å². The van der Waals surface area contributed by atoms with E-state index in [0.717, 1.165) is 0 Å². The lowest BCUT2D eigenvalue weighted by molar-refractivity contribution is -0.384. The van der Waals surface area contributed by atoms with E-state index in [-0.39, 0.29) is 15.9 Å². The van der Waals surface area contributed by atoms with Crippen LogP contribution >= 0.6 is 23.2 Å². The molecule has 1 heterocycles. The smallest absolute Gasteiger partial charge is 0.325 e. The van der Waals surface area contributed by atoms with Gasteiger partial charge in [-0.3, -0.25) is 10.1 Å². The summed E-state index contributed by atoms with van der Waals surface area (Å²) in [4.78, 5) is 14.1. The zero-order valence-corrected chi connectivity index (χ0v) is 10.1. The van der Waals surface area contributed by atoms with Crippen molar-refractivity contribution in [1.82, 2.24) is 4.98 Å². The largest absolute Gasteiger partial charge is 0.497 e. The Morgan fingerprint density at radius 2 is 2.12 bits per heavy atom. The molecule has 0 unspecified atom stereocenters. The number of fused-ring (bicyclic) bond motifs is 1. The van der Waals surface area contributed by atoms with Crippen molar-refractivity contribution < 1.29 is 9.66 Å². The van der Waals surface area contributed by atoms with Gasteiger partial charge >= 0.3 is 5.69 Å². The van der Waals surface area contributed by atoms with E-state index in [1.807, 2.05) is 0 Å². The van der Waals surface area contributed by atoms with Gasteiger partial charge < -0.3 is 4.74 Å². The van der Waals surface area contributed by atoms with Crippen molar-refractivity contribution in [3.63, 3.8) is 0 Å². The van der Waals surface area contributed by atoms with Crippen LogP contribution in [0.1, 0.15) is 0 Å². The zero-order valence-electron chi connectivity index (χ0n) is 8.61. The Kier molecular flexibility index (Phi) is 3.04. The minimum atomic E-state index is -0.651. The number of hydrogen-bond acceptors (Lipinski definition) is 4. The van der Waals surface area contributed by atoms with Crippen molar-refractivity contribution in [2.45, 2.75) is 0 Å². The summed E-state index contributed by atoms with van der Waals surface area (Å²) in [6, 6.07) is 4.86. The summed E-state index contributed by atoms with van der Waals surface area (Å²) < 4.78 is 5.02. The molecule has 2 aromatic rings. The first-order valence-electron chi connectivity index (χ1n) is 4.51. The SMILES string of the molecule is COc1ccc2c(Cl)c([N+](=O)[O-])c(Cl)nc2c1. The fraction of sp³-hybridized carbons (Fsp3) is 0.100. The molecule has 5 nitrogen and oxygen atoms in total. The first kappa shape index (κ1) is 11.9. The van der Waals surface area contributed by atoms with Crippen LogP contribution in [0.2, 0.25) is 10.2 Å². The van der Waals surface area contributed by atoms with Gasteiger partial charge in [-0.15, -0.1) is 0 Å². The molecule has 0 aliphatic heterocycles.